The average molecular weight is 529 g/mol. The Bertz CT molecular complexity index is 1030. The molecule has 0 radical (unpaired) electrons. The molecule has 1 amide bonds. The fourth-order valence-electron chi connectivity index (χ4n) is 3.28. The molecule has 2 unspecified atom stereocenters. The number of rotatable bonds is 8. The molecule has 1 fully saturated rings. The molecule has 166 valence electrons. The zero-order chi connectivity index (χ0) is 22.9. The summed E-state index contributed by atoms with van der Waals surface area (Å²) < 4.78 is 26.4. The van der Waals surface area contributed by atoms with Crippen molar-refractivity contribution in [2.45, 2.75) is 16.7 Å². The second kappa shape index (κ2) is 9.72. The van der Waals surface area contributed by atoms with Crippen LogP contribution in [0.3, 0.4) is 0 Å². The number of alkyl halides is 3. The van der Waals surface area contributed by atoms with Gasteiger partial charge in [-0.1, -0.05) is 35.8 Å². The Kier molecular flexibility index (Phi) is 7.65. The van der Waals surface area contributed by atoms with E-state index in [1.165, 1.54) is 24.3 Å². The lowest BCUT2D eigenvalue weighted by atomic mass is 10.1. The fraction of sp³-hybridized carbons (Fsp3) is 0.286. The monoisotopic (exact) mass is 526 g/mol. The molecule has 3 nitrogen and oxygen atoms in total. The van der Waals surface area contributed by atoms with Crippen LogP contribution in [0.5, 0.6) is 0 Å². The lowest BCUT2D eigenvalue weighted by Gasteiger charge is -2.14. The van der Waals surface area contributed by atoms with Crippen molar-refractivity contribution in [3.63, 3.8) is 0 Å². The van der Waals surface area contributed by atoms with Gasteiger partial charge in [0.05, 0.1) is 16.0 Å². The van der Waals surface area contributed by atoms with Crippen molar-refractivity contribution in [2.75, 3.05) is 17.7 Å². The van der Waals surface area contributed by atoms with Crippen LogP contribution in [0, 0.1) is 17.6 Å². The van der Waals surface area contributed by atoms with E-state index in [4.69, 9.17) is 58.0 Å². The molecule has 0 aromatic heterocycles. The van der Waals surface area contributed by atoms with E-state index in [-0.39, 0.29) is 15.7 Å². The number of hydrogen-bond acceptors (Lipinski definition) is 2. The molecular formula is C21H17Cl5F2N2O. The third-order valence-electron chi connectivity index (χ3n) is 4.91. The molecular weight excluding hydrogens is 512 g/mol. The van der Waals surface area contributed by atoms with E-state index in [9.17, 15) is 13.6 Å². The highest BCUT2D eigenvalue weighted by molar-refractivity contribution is 6.53. The molecule has 0 saturated heterocycles. The molecule has 0 bridgehead atoms. The number of halogens is 7. The van der Waals surface area contributed by atoms with Crippen LogP contribution in [0.2, 0.25) is 10.0 Å². The molecule has 0 aliphatic heterocycles. The predicted octanol–water partition coefficient (Wildman–Crippen LogP) is 6.99. The Hall–Kier alpha value is -1.24. The highest BCUT2D eigenvalue weighted by Gasteiger charge is 2.67. The first-order valence-electron chi connectivity index (χ1n) is 9.19. The number of amides is 1. The molecule has 3 rings (SSSR count). The van der Waals surface area contributed by atoms with E-state index in [1.807, 2.05) is 0 Å². The van der Waals surface area contributed by atoms with Crippen molar-refractivity contribution in [1.29, 1.82) is 0 Å². The number of hydrogen-bond donors (Lipinski definition) is 2. The van der Waals surface area contributed by atoms with Gasteiger partial charge in [0.2, 0.25) is 5.91 Å². The summed E-state index contributed by atoms with van der Waals surface area (Å²) in [6.07, 6.45) is 0.682. The minimum Gasteiger partial charge on any atom is -0.385 e. The quantitative estimate of drug-likeness (QED) is 0.287. The highest BCUT2D eigenvalue weighted by atomic mass is 35.5. The van der Waals surface area contributed by atoms with Crippen LogP contribution in [0.4, 0.5) is 14.5 Å². The van der Waals surface area contributed by atoms with E-state index < -0.39 is 33.7 Å². The molecule has 2 atom stereocenters. The zero-order valence-corrected chi connectivity index (χ0v) is 19.7. The largest absolute Gasteiger partial charge is 0.385 e. The molecule has 2 N–H and O–H groups in total. The summed E-state index contributed by atoms with van der Waals surface area (Å²) in [5, 5.41) is 5.39. The van der Waals surface area contributed by atoms with E-state index in [0.717, 1.165) is 6.07 Å². The first-order valence-corrected chi connectivity index (χ1v) is 11.2. The number of carbonyl (C=O) groups is 1. The number of nitrogens with one attached hydrogen (secondary N) is 2. The van der Waals surface area contributed by atoms with Crippen LogP contribution in [0.15, 0.2) is 36.9 Å². The minimum absolute atomic E-state index is 0.0997. The Labute approximate surface area is 203 Å². The Morgan fingerprint density at radius 3 is 2.48 bits per heavy atom. The van der Waals surface area contributed by atoms with Crippen LogP contribution in [-0.2, 0) is 4.79 Å². The molecule has 1 aliphatic carbocycles. The smallest absolute Gasteiger partial charge is 0.231 e. The van der Waals surface area contributed by atoms with Gasteiger partial charge in [0, 0.05) is 35.3 Å². The van der Waals surface area contributed by atoms with Crippen molar-refractivity contribution in [2.24, 2.45) is 5.92 Å². The maximum atomic E-state index is 14.4. The Morgan fingerprint density at radius 2 is 1.84 bits per heavy atom. The lowest BCUT2D eigenvalue weighted by molar-refractivity contribution is -0.117. The molecule has 1 saturated carbocycles. The number of anilines is 1. The normalized spacial score (nSPS) is 19.1. The van der Waals surface area contributed by atoms with Crippen LogP contribution in [0.1, 0.15) is 23.5 Å². The summed E-state index contributed by atoms with van der Waals surface area (Å²) in [5.41, 5.74) is 1.37. The molecule has 10 heteroatoms. The Balaban J connectivity index is 1.78. The van der Waals surface area contributed by atoms with Gasteiger partial charge in [-0.05, 0) is 36.2 Å². The van der Waals surface area contributed by atoms with E-state index in [1.54, 1.807) is 0 Å². The standard InChI is InChI=1S/C21H17Cl5F2N2O/c1-10(29-6-2-5-22)13-8-12(9-16(28)19(13)24)30-20(31)18-17(21(18,25)26)11-3-4-15(27)14(23)7-11/h3-4,7-9,17-18,29H,1-2,5-6H2,(H,30,31). The predicted molar refractivity (Wildman–Crippen MR) is 124 cm³/mol. The SMILES string of the molecule is C=C(NCCCCl)c1cc(NC(=O)C2C(c3ccc(F)c(Cl)c3)C2(Cl)Cl)cc(F)c1Cl. The third kappa shape index (κ3) is 5.23. The first-order chi connectivity index (χ1) is 14.6. The minimum atomic E-state index is -1.41. The third-order valence-corrected chi connectivity index (χ3v) is 6.79. The number of carbonyl (C=O) groups excluding carboxylic acids is 1. The van der Waals surface area contributed by atoms with Crippen molar-refractivity contribution in [3.8, 4) is 0 Å². The molecule has 0 spiro atoms. The summed E-state index contributed by atoms with van der Waals surface area (Å²) >= 11 is 30.1. The van der Waals surface area contributed by atoms with Crippen LogP contribution in [0.25, 0.3) is 5.70 Å². The van der Waals surface area contributed by atoms with Gasteiger partial charge < -0.3 is 10.6 Å². The number of benzene rings is 2. The first kappa shape index (κ1) is 24.4. The summed E-state index contributed by atoms with van der Waals surface area (Å²) in [6.45, 7) is 4.38. The van der Waals surface area contributed by atoms with Gasteiger partial charge >= 0.3 is 0 Å². The van der Waals surface area contributed by atoms with Gasteiger partial charge in [-0.15, -0.1) is 34.8 Å². The van der Waals surface area contributed by atoms with Gasteiger partial charge in [-0.2, -0.15) is 0 Å². The lowest BCUT2D eigenvalue weighted by Crippen LogP contribution is -2.18. The van der Waals surface area contributed by atoms with Crippen molar-refractivity contribution >= 4 is 75.3 Å². The summed E-state index contributed by atoms with van der Waals surface area (Å²) in [6, 6.07) is 6.61. The molecule has 31 heavy (non-hydrogen) atoms. The molecule has 1 aliphatic rings. The zero-order valence-electron chi connectivity index (χ0n) is 15.9. The van der Waals surface area contributed by atoms with E-state index in [0.29, 0.717) is 35.7 Å². The van der Waals surface area contributed by atoms with Crippen molar-refractivity contribution in [3.05, 3.63) is 69.7 Å². The second-order valence-corrected chi connectivity index (χ2v) is 9.67. The summed E-state index contributed by atoms with van der Waals surface area (Å²) in [7, 11) is 0. The van der Waals surface area contributed by atoms with Crippen LogP contribution in [-0.4, -0.2) is 22.7 Å². The molecule has 2 aromatic carbocycles. The average Bonchev–Trinajstić information content (AvgIpc) is 3.28. The van der Waals surface area contributed by atoms with Gasteiger partial charge in [-0.3, -0.25) is 4.79 Å². The van der Waals surface area contributed by atoms with Crippen LogP contribution >= 0.6 is 58.0 Å². The molecule has 2 aromatic rings. The summed E-state index contributed by atoms with van der Waals surface area (Å²) in [5.74, 6) is -2.83. The van der Waals surface area contributed by atoms with Gasteiger partial charge in [-0.25, -0.2) is 8.78 Å². The van der Waals surface area contributed by atoms with E-state index in [2.05, 4.69) is 17.2 Å². The highest BCUT2D eigenvalue weighted by Crippen LogP contribution is 2.65. The molecule has 0 heterocycles. The maximum Gasteiger partial charge on any atom is 0.231 e. The topological polar surface area (TPSA) is 41.1 Å². The van der Waals surface area contributed by atoms with Crippen molar-refractivity contribution in [1.82, 2.24) is 5.32 Å². The maximum absolute atomic E-state index is 14.4. The van der Waals surface area contributed by atoms with Crippen LogP contribution < -0.4 is 10.6 Å². The van der Waals surface area contributed by atoms with Gasteiger partial charge in [0.25, 0.3) is 0 Å². The van der Waals surface area contributed by atoms with Gasteiger partial charge in [0.15, 0.2) is 0 Å². The summed E-state index contributed by atoms with van der Waals surface area (Å²) in [4.78, 5) is 12.8. The second-order valence-electron chi connectivity index (χ2n) is 7.06. The van der Waals surface area contributed by atoms with Gasteiger partial charge in [0.1, 0.15) is 16.0 Å². The van der Waals surface area contributed by atoms with Crippen molar-refractivity contribution < 1.29 is 13.6 Å². The fourth-order valence-corrected chi connectivity index (χ4v) is 4.65. The van der Waals surface area contributed by atoms with E-state index >= 15 is 0 Å². The Morgan fingerprint density at radius 1 is 1.13 bits per heavy atom.